The zero-order chi connectivity index (χ0) is 16.4. The van der Waals surface area contributed by atoms with E-state index in [0.29, 0.717) is 19.6 Å². The zero-order valence-corrected chi connectivity index (χ0v) is 16.0. The summed E-state index contributed by atoms with van der Waals surface area (Å²) in [5.74, 6) is -0.859. The second-order valence-electron chi connectivity index (χ2n) is 4.36. The molecule has 2 aromatic heterocycles. The number of hydrogen-bond donors (Lipinski definition) is 2. The number of ether oxygens (including phenoxy) is 1. The van der Waals surface area contributed by atoms with Crippen LogP contribution in [-0.4, -0.2) is 28.7 Å². The first kappa shape index (κ1) is 17.2. The van der Waals surface area contributed by atoms with Crippen LogP contribution in [0.4, 0.5) is 5.00 Å². The van der Waals surface area contributed by atoms with Gasteiger partial charge in [0.05, 0.1) is 16.6 Å². The molecule has 118 valence electrons. The van der Waals surface area contributed by atoms with E-state index in [-0.39, 0.29) is 12.3 Å². The fourth-order valence-electron chi connectivity index (χ4n) is 1.78. The Morgan fingerprint density at radius 1 is 1.36 bits per heavy atom. The lowest BCUT2D eigenvalue weighted by atomic mass is 10.1. The maximum atomic E-state index is 12.3. The van der Waals surface area contributed by atoms with Crippen molar-refractivity contribution >= 4 is 60.1 Å². The Kier molecular flexibility index (Phi) is 5.41. The molecule has 0 bridgehead atoms. The molecule has 2 rings (SSSR count). The molecule has 0 aromatic carbocycles. The number of nitrogens with zero attached hydrogens (tertiary/aromatic N) is 1. The van der Waals surface area contributed by atoms with Gasteiger partial charge in [-0.25, -0.2) is 4.79 Å². The van der Waals surface area contributed by atoms with E-state index in [1.807, 2.05) is 13.8 Å². The fraction of sp³-hybridized carbons (Fsp3) is 0.308. The van der Waals surface area contributed by atoms with E-state index in [2.05, 4.69) is 47.4 Å². The first-order chi connectivity index (χ1) is 10.4. The second-order valence-corrected chi connectivity index (χ2v) is 7.17. The lowest BCUT2D eigenvalue weighted by Crippen LogP contribution is -2.15. The predicted octanol–water partition coefficient (Wildman–Crippen LogP) is 4.04. The molecule has 2 heterocycles. The summed E-state index contributed by atoms with van der Waals surface area (Å²) >= 11 is 7.83. The van der Waals surface area contributed by atoms with Crippen molar-refractivity contribution in [3.63, 3.8) is 0 Å². The summed E-state index contributed by atoms with van der Waals surface area (Å²) in [5, 5.41) is 9.75. The minimum absolute atomic E-state index is 0.199. The summed E-state index contributed by atoms with van der Waals surface area (Å²) in [6.07, 6.45) is 0. The standard InChI is InChI=1S/C13H13Br2N3O3S/c1-4-21-13(20)7-5(2)6(3)22-12(7)16-11(19)9-8(14)10(15)18-17-9/h4H2,1-3H3,(H,16,19)(H,17,18). The number of H-pyrrole nitrogens is 1. The molecule has 2 aromatic rings. The highest BCUT2D eigenvalue weighted by Gasteiger charge is 2.24. The number of halogens is 2. The van der Waals surface area contributed by atoms with Gasteiger partial charge in [0.2, 0.25) is 0 Å². The van der Waals surface area contributed by atoms with E-state index >= 15 is 0 Å². The smallest absolute Gasteiger partial charge is 0.341 e. The van der Waals surface area contributed by atoms with Gasteiger partial charge in [0.1, 0.15) is 9.60 Å². The minimum atomic E-state index is -0.443. The van der Waals surface area contributed by atoms with Gasteiger partial charge in [-0.15, -0.1) is 11.3 Å². The molecule has 2 N–H and O–H groups in total. The zero-order valence-electron chi connectivity index (χ0n) is 12.0. The SMILES string of the molecule is CCOC(=O)c1c(NC(=O)c2n[nH]c(Br)c2Br)sc(C)c1C. The van der Waals surface area contributed by atoms with Gasteiger partial charge in [0.25, 0.3) is 5.91 Å². The second kappa shape index (κ2) is 6.93. The summed E-state index contributed by atoms with van der Waals surface area (Å²) in [5.41, 5.74) is 1.40. The number of thiophene rings is 1. The molecule has 0 fully saturated rings. The van der Waals surface area contributed by atoms with Crippen molar-refractivity contribution in [2.75, 3.05) is 11.9 Å². The van der Waals surface area contributed by atoms with Gasteiger partial charge in [0, 0.05) is 4.88 Å². The van der Waals surface area contributed by atoms with Crippen LogP contribution >= 0.6 is 43.2 Å². The van der Waals surface area contributed by atoms with Crippen LogP contribution in [0, 0.1) is 13.8 Å². The summed E-state index contributed by atoms with van der Waals surface area (Å²) in [4.78, 5) is 25.3. The van der Waals surface area contributed by atoms with Gasteiger partial charge in [-0.3, -0.25) is 9.89 Å². The van der Waals surface area contributed by atoms with E-state index in [1.165, 1.54) is 11.3 Å². The van der Waals surface area contributed by atoms with Crippen LogP contribution in [0.2, 0.25) is 0 Å². The molecule has 6 nitrogen and oxygen atoms in total. The Morgan fingerprint density at radius 2 is 2.05 bits per heavy atom. The van der Waals surface area contributed by atoms with Gasteiger partial charge >= 0.3 is 5.97 Å². The van der Waals surface area contributed by atoms with E-state index in [9.17, 15) is 9.59 Å². The Labute approximate surface area is 147 Å². The van der Waals surface area contributed by atoms with Crippen LogP contribution < -0.4 is 5.32 Å². The number of anilines is 1. The van der Waals surface area contributed by atoms with Crippen molar-refractivity contribution in [3.8, 4) is 0 Å². The molecule has 0 aliphatic carbocycles. The number of aromatic amines is 1. The van der Waals surface area contributed by atoms with Crippen LogP contribution in [0.5, 0.6) is 0 Å². The van der Waals surface area contributed by atoms with Crippen LogP contribution in [-0.2, 0) is 4.74 Å². The van der Waals surface area contributed by atoms with Crippen LogP contribution in [0.25, 0.3) is 0 Å². The average Bonchev–Trinajstić information content (AvgIpc) is 2.92. The molecule has 0 saturated heterocycles. The van der Waals surface area contributed by atoms with Crippen molar-refractivity contribution in [1.29, 1.82) is 0 Å². The number of nitrogens with one attached hydrogen (secondary N) is 2. The molecule has 22 heavy (non-hydrogen) atoms. The molecular formula is C13H13Br2N3O3S. The summed E-state index contributed by atoms with van der Waals surface area (Å²) in [7, 11) is 0. The molecule has 9 heteroatoms. The number of amides is 1. The van der Waals surface area contributed by atoms with Crippen LogP contribution in [0.1, 0.15) is 38.2 Å². The monoisotopic (exact) mass is 449 g/mol. The van der Waals surface area contributed by atoms with Crippen molar-refractivity contribution in [3.05, 3.63) is 30.8 Å². The largest absolute Gasteiger partial charge is 0.462 e. The number of aryl methyl sites for hydroxylation is 1. The van der Waals surface area contributed by atoms with E-state index in [0.717, 1.165) is 10.4 Å². The number of esters is 1. The molecule has 0 spiro atoms. The third-order valence-electron chi connectivity index (χ3n) is 2.97. The molecule has 0 unspecified atom stereocenters. The van der Waals surface area contributed by atoms with E-state index in [4.69, 9.17) is 4.74 Å². The summed E-state index contributed by atoms with van der Waals surface area (Å²) < 4.78 is 6.15. The number of rotatable bonds is 4. The molecule has 0 radical (unpaired) electrons. The predicted molar refractivity (Wildman–Crippen MR) is 91.7 cm³/mol. The normalized spacial score (nSPS) is 10.6. The van der Waals surface area contributed by atoms with E-state index in [1.54, 1.807) is 6.92 Å². The van der Waals surface area contributed by atoms with Gasteiger partial charge in [-0.1, -0.05) is 0 Å². The fourth-order valence-corrected chi connectivity index (χ4v) is 3.46. The van der Waals surface area contributed by atoms with E-state index < -0.39 is 11.9 Å². The van der Waals surface area contributed by atoms with Gasteiger partial charge in [-0.05, 0) is 58.2 Å². The number of carbonyl (C=O) groups is 2. The maximum absolute atomic E-state index is 12.3. The highest BCUT2D eigenvalue weighted by atomic mass is 79.9. The summed E-state index contributed by atoms with van der Waals surface area (Å²) in [6.45, 7) is 5.73. The highest BCUT2D eigenvalue weighted by Crippen LogP contribution is 2.34. The summed E-state index contributed by atoms with van der Waals surface area (Å²) in [6, 6.07) is 0. The Hall–Kier alpha value is -1.19. The molecule has 0 aliphatic heterocycles. The molecule has 0 aliphatic rings. The van der Waals surface area contributed by atoms with Crippen molar-refractivity contribution in [1.82, 2.24) is 10.2 Å². The molecule has 0 saturated carbocycles. The minimum Gasteiger partial charge on any atom is -0.462 e. The number of carbonyl (C=O) groups excluding carboxylic acids is 2. The lowest BCUT2D eigenvalue weighted by molar-refractivity contribution is 0.0527. The topological polar surface area (TPSA) is 84.1 Å². The molecule has 1 amide bonds. The molecule has 0 atom stereocenters. The van der Waals surface area contributed by atoms with Crippen LogP contribution in [0.15, 0.2) is 9.08 Å². The van der Waals surface area contributed by atoms with Crippen LogP contribution in [0.3, 0.4) is 0 Å². The van der Waals surface area contributed by atoms with Gasteiger partial charge in [-0.2, -0.15) is 5.10 Å². The first-order valence-electron chi connectivity index (χ1n) is 6.34. The first-order valence-corrected chi connectivity index (χ1v) is 8.74. The Morgan fingerprint density at radius 3 is 2.59 bits per heavy atom. The van der Waals surface area contributed by atoms with Crippen molar-refractivity contribution in [2.24, 2.45) is 0 Å². The van der Waals surface area contributed by atoms with Gasteiger partial charge in [0.15, 0.2) is 5.69 Å². The lowest BCUT2D eigenvalue weighted by Gasteiger charge is -2.06. The number of aromatic nitrogens is 2. The number of hydrogen-bond acceptors (Lipinski definition) is 5. The Bertz CT molecular complexity index is 739. The molecular weight excluding hydrogens is 438 g/mol. The average molecular weight is 451 g/mol. The third-order valence-corrected chi connectivity index (χ3v) is 5.97. The third kappa shape index (κ3) is 3.26. The Balaban J connectivity index is 2.33. The maximum Gasteiger partial charge on any atom is 0.341 e. The van der Waals surface area contributed by atoms with Crippen molar-refractivity contribution in [2.45, 2.75) is 20.8 Å². The van der Waals surface area contributed by atoms with Crippen molar-refractivity contribution < 1.29 is 14.3 Å². The van der Waals surface area contributed by atoms with Gasteiger partial charge < -0.3 is 10.1 Å². The highest BCUT2D eigenvalue weighted by molar-refractivity contribution is 9.13. The quantitative estimate of drug-likeness (QED) is 0.688.